The Balaban J connectivity index is 1.43. The van der Waals surface area contributed by atoms with Crippen molar-refractivity contribution in [2.75, 3.05) is 5.32 Å². The van der Waals surface area contributed by atoms with Crippen LogP contribution >= 0.6 is 23.4 Å². The fraction of sp³-hybridized carbons (Fsp3) is 0.0417. The highest BCUT2D eigenvalue weighted by Crippen LogP contribution is 2.31. The van der Waals surface area contributed by atoms with E-state index in [1.54, 1.807) is 48.0 Å². The van der Waals surface area contributed by atoms with Gasteiger partial charge in [-0.25, -0.2) is 4.68 Å². The lowest BCUT2D eigenvalue weighted by Crippen LogP contribution is -2.14. The number of aromatic nitrogens is 4. The van der Waals surface area contributed by atoms with Crippen molar-refractivity contribution in [1.29, 1.82) is 5.26 Å². The second-order valence-corrected chi connectivity index (χ2v) is 8.62. The summed E-state index contributed by atoms with van der Waals surface area (Å²) < 4.78 is 7.17. The number of fused-ring (bicyclic) bond motifs is 1. The summed E-state index contributed by atoms with van der Waals surface area (Å²) in [4.78, 5) is 13.6. The van der Waals surface area contributed by atoms with Gasteiger partial charge in [-0.05, 0) is 85.4 Å². The molecule has 0 atom stereocenters. The quantitative estimate of drug-likeness (QED) is 0.244. The zero-order valence-electron chi connectivity index (χ0n) is 17.7. The van der Waals surface area contributed by atoms with Crippen LogP contribution in [-0.2, 0) is 0 Å². The predicted octanol–water partition coefficient (Wildman–Crippen LogP) is 5.86. The van der Waals surface area contributed by atoms with Gasteiger partial charge in [-0.2, -0.15) is 5.26 Å². The number of thiocyanates is 1. The zero-order valence-corrected chi connectivity index (χ0v) is 19.3. The average Bonchev–Trinajstić information content (AvgIpc) is 3.44. The number of halogens is 1. The van der Waals surface area contributed by atoms with Crippen LogP contribution in [0.25, 0.3) is 27.9 Å². The van der Waals surface area contributed by atoms with Crippen molar-refractivity contribution in [3.8, 4) is 22.4 Å². The molecule has 0 radical (unpaired) electrons. The smallest absolute Gasteiger partial charge is 0.278 e. The van der Waals surface area contributed by atoms with Gasteiger partial charge in [0.1, 0.15) is 10.9 Å². The Labute approximate surface area is 203 Å². The van der Waals surface area contributed by atoms with Crippen LogP contribution in [0.4, 0.5) is 5.69 Å². The van der Waals surface area contributed by atoms with Crippen molar-refractivity contribution in [2.24, 2.45) is 0 Å². The third-order valence-electron chi connectivity index (χ3n) is 5.20. The normalized spacial score (nSPS) is 10.9. The molecule has 1 N–H and O–H groups in total. The molecule has 2 aromatic heterocycles. The Morgan fingerprint density at radius 3 is 2.62 bits per heavy atom. The largest absolute Gasteiger partial charge is 0.355 e. The molecule has 34 heavy (non-hydrogen) atoms. The maximum absolute atomic E-state index is 12.8. The van der Waals surface area contributed by atoms with E-state index in [0.717, 1.165) is 27.6 Å². The zero-order chi connectivity index (χ0) is 23.7. The highest BCUT2D eigenvalue weighted by molar-refractivity contribution is 8.03. The van der Waals surface area contributed by atoms with Gasteiger partial charge >= 0.3 is 0 Å². The minimum Gasteiger partial charge on any atom is -0.355 e. The van der Waals surface area contributed by atoms with Crippen LogP contribution < -0.4 is 5.32 Å². The highest BCUT2D eigenvalue weighted by atomic mass is 35.5. The maximum Gasteiger partial charge on any atom is 0.278 e. The second kappa shape index (κ2) is 9.02. The van der Waals surface area contributed by atoms with Crippen LogP contribution in [0.1, 0.15) is 16.2 Å². The molecule has 5 rings (SSSR count). The first kappa shape index (κ1) is 21.7. The van der Waals surface area contributed by atoms with E-state index in [4.69, 9.17) is 21.4 Å². The monoisotopic (exact) mass is 486 g/mol. The van der Waals surface area contributed by atoms with E-state index in [9.17, 15) is 4.79 Å². The van der Waals surface area contributed by atoms with Crippen molar-refractivity contribution < 1.29 is 9.32 Å². The van der Waals surface area contributed by atoms with Gasteiger partial charge in [0.05, 0.1) is 16.8 Å². The van der Waals surface area contributed by atoms with E-state index in [2.05, 4.69) is 20.8 Å². The Bertz CT molecular complexity index is 1550. The maximum atomic E-state index is 12.8. The van der Waals surface area contributed by atoms with Gasteiger partial charge in [0.15, 0.2) is 11.5 Å². The van der Waals surface area contributed by atoms with Crippen LogP contribution in [0, 0.1) is 17.6 Å². The van der Waals surface area contributed by atoms with Gasteiger partial charge in [-0.3, -0.25) is 4.79 Å². The van der Waals surface area contributed by atoms with Crippen LogP contribution in [0.15, 0.2) is 76.1 Å². The molecule has 3 aromatic carbocycles. The topological polar surface area (TPSA) is 110 Å². The molecule has 166 valence electrons. The molecule has 10 heteroatoms. The molecule has 0 aliphatic carbocycles. The number of nitrogens with one attached hydrogen (secondary N) is 1. The number of thioether (sulfide) groups is 1. The first-order valence-electron chi connectivity index (χ1n) is 10.1. The van der Waals surface area contributed by atoms with E-state index in [1.807, 2.05) is 35.7 Å². The molecular weight excluding hydrogens is 472 g/mol. The van der Waals surface area contributed by atoms with Gasteiger partial charge in [0.25, 0.3) is 5.91 Å². The van der Waals surface area contributed by atoms with Gasteiger partial charge < -0.3 is 9.84 Å². The SMILES string of the molecule is Cc1c(C(=O)Nc2ccc(SC#N)cc2)nnn1-c1ccc2noc(-c3ccc(Cl)cc3)c2c1. The summed E-state index contributed by atoms with van der Waals surface area (Å²) in [6.45, 7) is 1.78. The van der Waals surface area contributed by atoms with E-state index < -0.39 is 0 Å². The van der Waals surface area contributed by atoms with Crippen LogP contribution in [0.2, 0.25) is 5.02 Å². The predicted molar refractivity (Wildman–Crippen MR) is 130 cm³/mol. The molecule has 0 fully saturated rings. The first-order valence-corrected chi connectivity index (χ1v) is 11.3. The first-order chi connectivity index (χ1) is 16.5. The number of benzene rings is 3. The summed E-state index contributed by atoms with van der Waals surface area (Å²) in [5, 5.41) is 27.4. The van der Waals surface area contributed by atoms with Gasteiger partial charge in [0.2, 0.25) is 0 Å². The number of anilines is 1. The van der Waals surface area contributed by atoms with Crippen molar-refractivity contribution >= 4 is 45.9 Å². The molecule has 0 spiro atoms. The molecule has 0 saturated carbocycles. The molecular formula is C24H15ClN6O2S. The lowest BCUT2D eigenvalue weighted by Gasteiger charge is -2.06. The average molecular weight is 487 g/mol. The summed E-state index contributed by atoms with van der Waals surface area (Å²) in [5.74, 6) is 0.236. The lowest BCUT2D eigenvalue weighted by atomic mass is 10.1. The summed E-state index contributed by atoms with van der Waals surface area (Å²) in [5.41, 5.74) is 3.64. The van der Waals surface area contributed by atoms with Gasteiger partial charge in [-0.1, -0.05) is 22.0 Å². The Hall–Kier alpha value is -4.13. The fourth-order valence-electron chi connectivity index (χ4n) is 3.50. The standard InChI is InChI=1S/C24H15ClN6O2S/c1-14-22(24(32)27-17-6-9-19(10-7-17)34-13-26)28-30-31(14)18-8-11-21-20(12-18)23(33-29-21)15-2-4-16(25)5-3-15/h2-12H,1H3,(H,27,32). The Morgan fingerprint density at radius 2 is 1.88 bits per heavy atom. The van der Waals surface area contributed by atoms with E-state index in [0.29, 0.717) is 33.4 Å². The van der Waals surface area contributed by atoms with Gasteiger partial charge in [-0.15, -0.1) is 5.10 Å². The number of amides is 1. The molecule has 0 unspecified atom stereocenters. The number of carbonyl (C=O) groups excluding carboxylic acids is 1. The molecule has 2 heterocycles. The number of hydrogen-bond donors (Lipinski definition) is 1. The van der Waals surface area contributed by atoms with Gasteiger partial charge in [0, 0.05) is 21.2 Å². The number of nitriles is 1. The third-order valence-corrected chi connectivity index (χ3v) is 6.05. The minimum atomic E-state index is -0.377. The fourth-order valence-corrected chi connectivity index (χ4v) is 4.01. The molecule has 0 saturated heterocycles. The van der Waals surface area contributed by atoms with E-state index >= 15 is 0 Å². The van der Waals surface area contributed by atoms with Crippen molar-refractivity contribution in [3.05, 3.63) is 83.1 Å². The number of hydrogen-bond acceptors (Lipinski definition) is 7. The number of nitrogens with zero attached hydrogens (tertiary/aromatic N) is 5. The molecule has 0 aliphatic rings. The highest BCUT2D eigenvalue weighted by Gasteiger charge is 2.19. The third kappa shape index (κ3) is 4.12. The second-order valence-electron chi connectivity index (χ2n) is 7.33. The van der Waals surface area contributed by atoms with Crippen LogP contribution in [-0.4, -0.2) is 26.1 Å². The number of rotatable bonds is 5. The van der Waals surface area contributed by atoms with Crippen molar-refractivity contribution in [2.45, 2.75) is 11.8 Å². The Morgan fingerprint density at radius 1 is 1.12 bits per heavy atom. The van der Waals surface area contributed by atoms with Crippen LogP contribution in [0.5, 0.6) is 0 Å². The molecule has 1 amide bonds. The van der Waals surface area contributed by atoms with Crippen molar-refractivity contribution in [3.63, 3.8) is 0 Å². The van der Waals surface area contributed by atoms with E-state index in [-0.39, 0.29) is 11.6 Å². The molecule has 5 aromatic rings. The summed E-state index contributed by atoms with van der Waals surface area (Å²) >= 11 is 7.06. The summed E-state index contributed by atoms with van der Waals surface area (Å²) in [6.07, 6.45) is 0. The molecule has 8 nitrogen and oxygen atoms in total. The molecule has 0 aliphatic heterocycles. The van der Waals surface area contributed by atoms with E-state index in [1.165, 1.54) is 0 Å². The van der Waals surface area contributed by atoms with Crippen LogP contribution in [0.3, 0.4) is 0 Å². The molecule has 0 bridgehead atoms. The minimum absolute atomic E-state index is 0.207. The summed E-state index contributed by atoms with van der Waals surface area (Å²) in [6, 6.07) is 19.9. The summed E-state index contributed by atoms with van der Waals surface area (Å²) in [7, 11) is 0. The Kier molecular flexibility index (Phi) is 5.76. The number of carbonyl (C=O) groups is 1. The van der Waals surface area contributed by atoms with Crippen molar-refractivity contribution in [1.82, 2.24) is 20.2 Å². The lowest BCUT2D eigenvalue weighted by molar-refractivity contribution is 0.102.